The van der Waals surface area contributed by atoms with E-state index in [4.69, 9.17) is 14.3 Å². The van der Waals surface area contributed by atoms with E-state index < -0.39 is 23.6 Å². The molecule has 0 radical (unpaired) electrons. The molecule has 184 valence electrons. The first kappa shape index (κ1) is 26.1. The number of nitrogens with one attached hydrogen (secondary N) is 2. The highest BCUT2D eigenvalue weighted by atomic mass is 32.2. The van der Waals surface area contributed by atoms with Crippen molar-refractivity contribution in [2.75, 3.05) is 5.75 Å². The zero-order chi connectivity index (χ0) is 25.1. The number of carbonyl (C=O) groups is 2. The van der Waals surface area contributed by atoms with Crippen LogP contribution in [0.4, 0.5) is 4.79 Å². The van der Waals surface area contributed by atoms with Gasteiger partial charge in [-0.3, -0.25) is 9.63 Å². The molecule has 0 aliphatic heterocycles. The van der Waals surface area contributed by atoms with Crippen LogP contribution in [0.3, 0.4) is 0 Å². The predicted molar refractivity (Wildman–Crippen MR) is 136 cm³/mol. The van der Waals surface area contributed by atoms with Crippen LogP contribution in [-0.2, 0) is 21.0 Å². The topological polar surface area (TPSA) is 85.9 Å². The van der Waals surface area contributed by atoms with Crippen LogP contribution < -0.4 is 15.5 Å². The van der Waals surface area contributed by atoms with Crippen LogP contribution in [0.5, 0.6) is 11.5 Å². The Labute approximate surface area is 210 Å². The third-order valence-corrected chi connectivity index (χ3v) is 5.60. The summed E-state index contributed by atoms with van der Waals surface area (Å²) in [7, 11) is 0. The molecule has 1 unspecified atom stereocenters. The minimum absolute atomic E-state index is 0.107. The Balaban J connectivity index is 1.57. The molecule has 3 rings (SSSR count). The number of hydrogen-bond acceptors (Lipinski definition) is 6. The number of benzene rings is 3. The highest BCUT2D eigenvalue weighted by molar-refractivity contribution is 7.99. The number of hydroxylamine groups is 1. The van der Waals surface area contributed by atoms with Gasteiger partial charge in [0.1, 0.15) is 24.1 Å². The van der Waals surface area contributed by atoms with Crippen LogP contribution in [0.15, 0.2) is 89.8 Å². The molecule has 0 saturated carbocycles. The second kappa shape index (κ2) is 12.8. The van der Waals surface area contributed by atoms with E-state index >= 15 is 0 Å². The van der Waals surface area contributed by atoms with Gasteiger partial charge in [0.05, 0.1) is 5.60 Å². The third kappa shape index (κ3) is 9.72. The summed E-state index contributed by atoms with van der Waals surface area (Å²) in [6.07, 6.45) is -0.683. The molecule has 0 fully saturated rings. The second-order valence-electron chi connectivity index (χ2n) is 8.64. The molecule has 7 nitrogen and oxygen atoms in total. The zero-order valence-corrected chi connectivity index (χ0v) is 20.8. The highest BCUT2D eigenvalue weighted by Crippen LogP contribution is 2.25. The van der Waals surface area contributed by atoms with Gasteiger partial charge in [0.2, 0.25) is 0 Å². The summed E-state index contributed by atoms with van der Waals surface area (Å²) in [6, 6.07) is 25.5. The van der Waals surface area contributed by atoms with E-state index in [1.165, 1.54) is 11.8 Å². The molecule has 0 aromatic heterocycles. The SMILES string of the molecule is CC(C)(C)ONC(=O)C(CSc1ccc(Oc2ccccc2)cc1)NC(=O)OCc1ccccc1. The summed E-state index contributed by atoms with van der Waals surface area (Å²) in [4.78, 5) is 31.4. The molecule has 0 spiro atoms. The standard InChI is InChI=1S/C27H30N2O5S/c1-27(2,3)34-29-25(30)24(28-26(31)32-18-20-10-6-4-7-11-20)19-35-23-16-14-22(15-17-23)33-21-12-8-5-9-13-21/h4-17,24H,18-19H2,1-3H3,(H,28,31)(H,29,30). The van der Waals surface area contributed by atoms with Gasteiger partial charge >= 0.3 is 6.09 Å². The maximum absolute atomic E-state index is 12.7. The molecular weight excluding hydrogens is 464 g/mol. The minimum Gasteiger partial charge on any atom is -0.457 e. The number of rotatable bonds is 10. The van der Waals surface area contributed by atoms with E-state index in [-0.39, 0.29) is 12.4 Å². The number of para-hydroxylation sites is 1. The normalized spacial score (nSPS) is 11.9. The van der Waals surface area contributed by atoms with Crippen LogP contribution >= 0.6 is 11.8 Å². The second-order valence-corrected chi connectivity index (χ2v) is 9.73. The van der Waals surface area contributed by atoms with Crippen molar-refractivity contribution in [1.82, 2.24) is 10.8 Å². The van der Waals surface area contributed by atoms with Crippen molar-refractivity contribution in [3.8, 4) is 11.5 Å². The van der Waals surface area contributed by atoms with Crippen LogP contribution in [0.25, 0.3) is 0 Å². The molecule has 0 bridgehead atoms. The number of carbonyl (C=O) groups excluding carboxylic acids is 2. The van der Waals surface area contributed by atoms with Gasteiger partial charge < -0.3 is 14.8 Å². The van der Waals surface area contributed by atoms with Crippen molar-refractivity contribution in [2.24, 2.45) is 0 Å². The van der Waals surface area contributed by atoms with E-state index in [2.05, 4.69) is 10.8 Å². The molecule has 2 amide bonds. The highest BCUT2D eigenvalue weighted by Gasteiger charge is 2.24. The lowest BCUT2D eigenvalue weighted by Crippen LogP contribution is -2.49. The van der Waals surface area contributed by atoms with Crippen molar-refractivity contribution in [3.63, 3.8) is 0 Å². The lowest BCUT2D eigenvalue weighted by molar-refractivity contribution is -0.147. The van der Waals surface area contributed by atoms with Crippen molar-refractivity contribution in [1.29, 1.82) is 0 Å². The van der Waals surface area contributed by atoms with Gasteiger partial charge in [0, 0.05) is 10.6 Å². The summed E-state index contributed by atoms with van der Waals surface area (Å²) < 4.78 is 11.1. The zero-order valence-electron chi connectivity index (χ0n) is 20.0. The first-order valence-corrected chi connectivity index (χ1v) is 12.2. The molecule has 0 heterocycles. The fourth-order valence-corrected chi connectivity index (χ4v) is 3.69. The van der Waals surface area contributed by atoms with Crippen molar-refractivity contribution in [2.45, 2.75) is 43.9 Å². The van der Waals surface area contributed by atoms with Gasteiger partial charge in [-0.2, -0.15) is 0 Å². The first-order valence-electron chi connectivity index (χ1n) is 11.2. The lowest BCUT2D eigenvalue weighted by Gasteiger charge is -2.22. The van der Waals surface area contributed by atoms with Crippen LogP contribution in [0, 0.1) is 0 Å². The van der Waals surface area contributed by atoms with Gasteiger partial charge in [0.15, 0.2) is 0 Å². The monoisotopic (exact) mass is 494 g/mol. The van der Waals surface area contributed by atoms with Crippen molar-refractivity contribution >= 4 is 23.8 Å². The minimum atomic E-state index is -0.870. The fourth-order valence-electron chi connectivity index (χ4n) is 2.77. The number of amides is 2. The quantitative estimate of drug-likeness (QED) is 0.277. The summed E-state index contributed by atoms with van der Waals surface area (Å²) in [5, 5.41) is 2.64. The Morgan fingerprint density at radius 3 is 2.09 bits per heavy atom. The van der Waals surface area contributed by atoms with Gasteiger partial charge in [0.25, 0.3) is 5.91 Å². The van der Waals surface area contributed by atoms with E-state index in [1.54, 1.807) is 0 Å². The largest absolute Gasteiger partial charge is 0.457 e. The summed E-state index contributed by atoms with van der Waals surface area (Å²) >= 11 is 1.42. The van der Waals surface area contributed by atoms with E-state index in [0.29, 0.717) is 5.75 Å². The van der Waals surface area contributed by atoms with Crippen LogP contribution in [0.2, 0.25) is 0 Å². The molecule has 0 aliphatic carbocycles. The van der Waals surface area contributed by atoms with Gasteiger partial charge in [-0.1, -0.05) is 48.5 Å². The molecule has 8 heteroatoms. The number of ether oxygens (including phenoxy) is 2. The van der Waals surface area contributed by atoms with E-state index in [0.717, 1.165) is 16.2 Å². The van der Waals surface area contributed by atoms with Crippen LogP contribution in [-0.4, -0.2) is 29.4 Å². The Morgan fingerprint density at radius 1 is 0.857 bits per heavy atom. The molecule has 0 saturated heterocycles. The molecule has 1 atom stereocenters. The van der Waals surface area contributed by atoms with Gasteiger partial charge in [-0.05, 0) is 62.7 Å². The number of alkyl carbamates (subject to hydrolysis) is 1. The summed E-state index contributed by atoms with van der Waals surface area (Å²) in [5.41, 5.74) is 2.71. The fraction of sp³-hybridized carbons (Fsp3) is 0.259. The Hall–Kier alpha value is -3.49. The Bertz CT molecular complexity index is 1070. The molecule has 0 aliphatic rings. The maximum atomic E-state index is 12.7. The molecular formula is C27H30N2O5S. The molecule has 3 aromatic carbocycles. The Morgan fingerprint density at radius 2 is 1.46 bits per heavy atom. The van der Waals surface area contributed by atoms with E-state index in [9.17, 15) is 9.59 Å². The number of thioether (sulfide) groups is 1. The average molecular weight is 495 g/mol. The van der Waals surface area contributed by atoms with Crippen molar-refractivity contribution in [3.05, 3.63) is 90.5 Å². The third-order valence-electron chi connectivity index (χ3n) is 4.50. The van der Waals surface area contributed by atoms with Gasteiger partial charge in [-0.15, -0.1) is 11.8 Å². The summed E-state index contributed by atoms with van der Waals surface area (Å²) in [5.74, 6) is 1.27. The molecule has 2 N–H and O–H groups in total. The van der Waals surface area contributed by atoms with Crippen LogP contribution in [0.1, 0.15) is 26.3 Å². The molecule has 3 aromatic rings. The molecule has 35 heavy (non-hydrogen) atoms. The predicted octanol–water partition coefficient (Wildman–Crippen LogP) is 5.71. The van der Waals surface area contributed by atoms with Gasteiger partial charge in [-0.25, -0.2) is 10.3 Å². The van der Waals surface area contributed by atoms with Crippen molar-refractivity contribution < 1.29 is 23.9 Å². The first-order chi connectivity index (χ1) is 16.8. The smallest absolute Gasteiger partial charge is 0.408 e. The number of hydrogen-bond donors (Lipinski definition) is 2. The summed E-state index contributed by atoms with van der Waals surface area (Å²) in [6.45, 7) is 5.56. The Kier molecular flexibility index (Phi) is 9.57. The lowest BCUT2D eigenvalue weighted by atomic mass is 10.2. The maximum Gasteiger partial charge on any atom is 0.408 e. The van der Waals surface area contributed by atoms with E-state index in [1.807, 2.05) is 106 Å². The average Bonchev–Trinajstić information content (AvgIpc) is 2.85.